The first-order chi connectivity index (χ1) is 8.79. The Morgan fingerprint density at radius 2 is 1.42 bits per heavy atom. The molecule has 106 valence electrons. The topological polar surface area (TPSA) is 35.5 Å². The van der Waals surface area contributed by atoms with Crippen LogP contribution in [-0.2, 0) is 9.53 Å². The van der Waals surface area contributed by atoms with Gasteiger partial charge in [0.2, 0.25) is 29.1 Å². The number of halogens is 5. The van der Waals surface area contributed by atoms with Gasteiger partial charge in [-0.2, -0.15) is 8.78 Å². The molecular formula is C11H9F5O3. The molecule has 0 bridgehead atoms. The smallest absolute Gasteiger partial charge is 0.309 e. The molecule has 1 unspecified atom stereocenters. The molecule has 3 nitrogen and oxygen atoms in total. The minimum atomic E-state index is -2.28. The van der Waals surface area contributed by atoms with Crippen LogP contribution in [0, 0.1) is 29.1 Å². The largest absolute Gasteiger partial charge is 0.484 e. The summed E-state index contributed by atoms with van der Waals surface area (Å²) < 4.78 is 73.7. The van der Waals surface area contributed by atoms with Crippen molar-refractivity contribution in [2.75, 3.05) is 7.11 Å². The van der Waals surface area contributed by atoms with Gasteiger partial charge in [-0.25, -0.2) is 13.2 Å². The van der Waals surface area contributed by atoms with Gasteiger partial charge in [0.15, 0.2) is 5.75 Å². The SMILES string of the molecule is COC(=O)CC(C)Oc1c(F)c(F)c(F)c(F)c1F. The van der Waals surface area contributed by atoms with E-state index in [9.17, 15) is 26.7 Å². The molecule has 0 spiro atoms. The molecule has 0 fully saturated rings. The van der Waals surface area contributed by atoms with Crippen molar-refractivity contribution < 1.29 is 36.2 Å². The lowest BCUT2D eigenvalue weighted by atomic mass is 10.2. The van der Waals surface area contributed by atoms with Crippen LogP contribution < -0.4 is 4.74 Å². The highest BCUT2D eigenvalue weighted by Crippen LogP contribution is 2.30. The van der Waals surface area contributed by atoms with Crippen LogP contribution in [0.5, 0.6) is 5.75 Å². The van der Waals surface area contributed by atoms with E-state index in [0.717, 1.165) is 7.11 Å². The van der Waals surface area contributed by atoms with Gasteiger partial charge in [-0.1, -0.05) is 0 Å². The van der Waals surface area contributed by atoms with Crippen LogP contribution >= 0.6 is 0 Å². The van der Waals surface area contributed by atoms with E-state index < -0.39 is 53.3 Å². The van der Waals surface area contributed by atoms with Crippen LogP contribution in [0.2, 0.25) is 0 Å². The van der Waals surface area contributed by atoms with Gasteiger partial charge < -0.3 is 9.47 Å². The Kier molecular flexibility index (Phi) is 4.68. The lowest BCUT2D eigenvalue weighted by molar-refractivity contribution is -0.142. The molecule has 0 amide bonds. The zero-order valence-corrected chi connectivity index (χ0v) is 9.90. The van der Waals surface area contributed by atoms with Crippen LogP contribution in [0.25, 0.3) is 0 Å². The normalized spacial score (nSPS) is 12.2. The van der Waals surface area contributed by atoms with Gasteiger partial charge in [-0.3, -0.25) is 4.79 Å². The number of hydrogen-bond donors (Lipinski definition) is 0. The monoisotopic (exact) mass is 284 g/mol. The Bertz CT molecular complexity index is 475. The number of carbonyl (C=O) groups excluding carboxylic acids is 1. The maximum atomic E-state index is 13.2. The number of hydrogen-bond acceptors (Lipinski definition) is 3. The molecule has 0 aromatic heterocycles. The van der Waals surface area contributed by atoms with Gasteiger partial charge in [0, 0.05) is 0 Å². The van der Waals surface area contributed by atoms with Gasteiger partial charge in [-0.15, -0.1) is 0 Å². The Hall–Kier alpha value is -1.86. The average molecular weight is 284 g/mol. The van der Waals surface area contributed by atoms with E-state index in [2.05, 4.69) is 9.47 Å². The van der Waals surface area contributed by atoms with Crippen LogP contribution in [0.1, 0.15) is 13.3 Å². The third-order valence-electron chi connectivity index (χ3n) is 2.17. The molecule has 0 aliphatic rings. The van der Waals surface area contributed by atoms with E-state index in [1.165, 1.54) is 6.92 Å². The van der Waals surface area contributed by atoms with Gasteiger partial charge in [0.25, 0.3) is 0 Å². The number of esters is 1. The van der Waals surface area contributed by atoms with E-state index >= 15 is 0 Å². The van der Waals surface area contributed by atoms with Crippen molar-refractivity contribution >= 4 is 5.97 Å². The summed E-state index contributed by atoms with van der Waals surface area (Å²) in [5.41, 5.74) is 0. The molecule has 0 heterocycles. The zero-order chi connectivity index (χ0) is 14.7. The number of ether oxygens (including phenoxy) is 2. The second kappa shape index (κ2) is 5.85. The summed E-state index contributed by atoms with van der Waals surface area (Å²) in [5, 5.41) is 0. The van der Waals surface area contributed by atoms with E-state index in [1.807, 2.05) is 0 Å². The van der Waals surface area contributed by atoms with E-state index in [4.69, 9.17) is 0 Å². The summed E-state index contributed by atoms with van der Waals surface area (Å²) in [6, 6.07) is 0. The Balaban J connectivity index is 3.05. The molecule has 1 atom stereocenters. The predicted molar refractivity (Wildman–Crippen MR) is 53.0 cm³/mol. The molecule has 19 heavy (non-hydrogen) atoms. The summed E-state index contributed by atoms with van der Waals surface area (Å²) in [6.45, 7) is 1.22. The quantitative estimate of drug-likeness (QED) is 0.369. The lowest BCUT2D eigenvalue weighted by Crippen LogP contribution is -2.20. The summed E-state index contributed by atoms with van der Waals surface area (Å²) in [7, 11) is 1.08. The molecular weight excluding hydrogens is 275 g/mol. The fourth-order valence-electron chi connectivity index (χ4n) is 1.25. The highest BCUT2D eigenvalue weighted by molar-refractivity contribution is 5.69. The van der Waals surface area contributed by atoms with E-state index in [0.29, 0.717) is 0 Å². The van der Waals surface area contributed by atoms with Crippen molar-refractivity contribution in [1.29, 1.82) is 0 Å². The first-order valence-electron chi connectivity index (χ1n) is 5.04. The van der Waals surface area contributed by atoms with Crippen molar-refractivity contribution in [3.05, 3.63) is 29.1 Å². The predicted octanol–water partition coefficient (Wildman–Crippen LogP) is 2.71. The summed E-state index contributed by atoms with van der Waals surface area (Å²) in [6.07, 6.45) is -1.53. The molecule has 0 saturated heterocycles. The number of carbonyl (C=O) groups is 1. The molecule has 1 aromatic rings. The maximum Gasteiger partial charge on any atom is 0.309 e. The second-order valence-corrected chi connectivity index (χ2v) is 3.61. The van der Waals surface area contributed by atoms with Gasteiger partial charge >= 0.3 is 5.97 Å². The van der Waals surface area contributed by atoms with Gasteiger partial charge in [-0.05, 0) is 6.92 Å². The number of methoxy groups -OCH3 is 1. The highest BCUT2D eigenvalue weighted by atomic mass is 19.2. The molecule has 8 heteroatoms. The van der Waals surface area contributed by atoms with Gasteiger partial charge in [0.1, 0.15) is 6.10 Å². The van der Waals surface area contributed by atoms with Crippen molar-refractivity contribution in [2.24, 2.45) is 0 Å². The van der Waals surface area contributed by atoms with Crippen LogP contribution in [0.3, 0.4) is 0 Å². The first kappa shape index (κ1) is 15.2. The molecule has 0 aliphatic heterocycles. The lowest BCUT2D eigenvalue weighted by Gasteiger charge is -2.15. The fraction of sp³-hybridized carbons (Fsp3) is 0.364. The van der Waals surface area contributed by atoms with Crippen LogP contribution in [0.4, 0.5) is 22.0 Å². The summed E-state index contributed by atoms with van der Waals surface area (Å²) in [4.78, 5) is 10.9. The Labute approximate surface area is 104 Å². The summed E-state index contributed by atoms with van der Waals surface area (Å²) >= 11 is 0. The highest BCUT2D eigenvalue weighted by Gasteiger charge is 2.28. The Morgan fingerprint density at radius 1 is 1.00 bits per heavy atom. The van der Waals surface area contributed by atoms with Crippen LogP contribution in [0.15, 0.2) is 0 Å². The summed E-state index contributed by atoms with van der Waals surface area (Å²) in [5.74, 6) is -12.9. The molecule has 0 aliphatic carbocycles. The van der Waals surface area contributed by atoms with Crippen molar-refractivity contribution in [3.8, 4) is 5.75 Å². The minimum Gasteiger partial charge on any atom is -0.484 e. The van der Waals surface area contributed by atoms with Crippen LogP contribution in [-0.4, -0.2) is 19.2 Å². The van der Waals surface area contributed by atoms with E-state index in [-0.39, 0.29) is 0 Å². The van der Waals surface area contributed by atoms with Gasteiger partial charge in [0.05, 0.1) is 13.5 Å². The fourth-order valence-corrected chi connectivity index (χ4v) is 1.25. The third-order valence-corrected chi connectivity index (χ3v) is 2.17. The van der Waals surface area contributed by atoms with Crippen molar-refractivity contribution in [1.82, 2.24) is 0 Å². The number of benzene rings is 1. The molecule has 1 rings (SSSR count). The Morgan fingerprint density at radius 3 is 1.84 bits per heavy atom. The standard InChI is InChI=1S/C11H9F5O3/c1-4(3-5(17)18-2)19-11-9(15)7(13)6(12)8(14)10(11)16/h4H,3H2,1-2H3. The number of rotatable bonds is 4. The zero-order valence-electron chi connectivity index (χ0n) is 9.90. The molecule has 0 radical (unpaired) electrons. The van der Waals surface area contributed by atoms with E-state index in [1.54, 1.807) is 0 Å². The first-order valence-corrected chi connectivity index (χ1v) is 5.04. The maximum absolute atomic E-state index is 13.2. The molecule has 1 aromatic carbocycles. The van der Waals surface area contributed by atoms with Crippen molar-refractivity contribution in [3.63, 3.8) is 0 Å². The van der Waals surface area contributed by atoms with Crippen molar-refractivity contribution in [2.45, 2.75) is 19.4 Å². The second-order valence-electron chi connectivity index (χ2n) is 3.61. The average Bonchev–Trinajstić information content (AvgIpc) is 2.39. The minimum absolute atomic E-state index is 0.407. The molecule has 0 N–H and O–H groups in total. The molecule has 0 saturated carbocycles. The third kappa shape index (κ3) is 3.12.